The Morgan fingerprint density at radius 1 is 1.41 bits per heavy atom. The molecule has 0 fully saturated rings. The molecule has 90 valence electrons. The fourth-order valence-electron chi connectivity index (χ4n) is 1.72. The van der Waals surface area contributed by atoms with Crippen molar-refractivity contribution in [2.24, 2.45) is 0 Å². The Bertz CT molecular complexity index is 413. The maximum absolute atomic E-state index is 4.39. The molecule has 0 amide bonds. The van der Waals surface area contributed by atoms with Gasteiger partial charge in [0, 0.05) is 29.9 Å². The summed E-state index contributed by atoms with van der Waals surface area (Å²) in [5.74, 6) is 0. The van der Waals surface area contributed by atoms with Crippen LogP contribution in [0, 0.1) is 0 Å². The predicted molar refractivity (Wildman–Crippen MR) is 71.1 cm³/mol. The van der Waals surface area contributed by atoms with Gasteiger partial charge >= 0.3 is 0 Å². The molecule has 0 aliphatic heterocycles. The van der Waals surface area contributed by atoms with E-state index in [9.17, 15) is 0 Å². The second-order valence-corrected chi connectivity index (χ2v) is 4.95. The molecule has 0 spiro atoms. The molecule has 17 heavy (non-hydrogen) atoms. The first-order valence-electron chi connectivity index (χ1n) is 5.92. The van der Waals surface area contributed by atoms with E-state index < -0.39 is 0 Å². The fraction of sp³-hybridized carbons (Fsp3) is 0.385. The van der Waals surface area contributed by atoms with Gasteiger partial charge in [0.2, 0.25) is 0 Å². The number of rotatable bonds is 6. The maximum atomic E-state index is 4.39. The lowest BCUT2D eigenvalue weighted by Gasteiger charge is -2.16. The van der Waals surface area contributed by atoms with E-state index in [1.807, 2.05) is 6.20 Å². The van der Waals surface area contributed by atoms with Crippen LogP contribution in [0.2, 0.25) is 0 Å². The molecule has 0 aliphatic carbocycles. The van der Waals surface area contributed by atoms with Gasteiger partial charge in [-0.25, -0.2) is 0 Å². The summed E-state index contributed by atoms with van der Waals surface area (Å²) in [6.45, 7) is 3.18. The first-order chi connectivity index (χ1) is 8.40. The van der Waals surface area contributed by atoms with Gasteiger partial charge in [-0.1, -0.05) is 13.0 Å². The average Bonchev–Trinajstić information content (AvgIpc) is 2.88. The van der Waals surface area contributed by atoms with Crippen LogP contribution in [-0.4, -0.2) is 16.5 Å². The van der Waals surface area contributed by atoms with Gasteiger partial charge < -0.3 is 5.32 Å². The van der Waals surface area contributed by atoms with Crippen LogP contribution in [0.15, 0.2) is 36.1 Å². The van der Waals surface area contributed by atoms with Gasteiger partial charge in [-0.2, -0.15) is 0 Å². The zero-order chi connectivity index (χ0) is 11.9. The van der Waals surface area contributed by atoms with Crippen LogP contribution in [0.4, 0.5) is 0 Å². The van der Waals surface area contributed by atoms with Crippen molar-refractivity contribution >= 4 is 11.3 Å². The molecule has 0 aromatic carbocycles. The van der Waals surface area contributed by atoms with Crippen molar-refractivity contribution in [1.82, 2.24) is 15.3 Å². The molecule has 2 heterocycles. The lowest BCUT2D eigenvalue weighted by Crippen LogP contribution is -2.24. The van der Waals surface area contributed by atoms with Crippen molar-refractivity contribution in [3.05, 3.63) is 46.7 Å². The summed E-state index contributed by atoms with van der Waals surface area (Å²) >= 11 is 1.79. The number of hydrogen-bond acceptors (Lipinski definition) is 4. The highest BCUT2D eigenvalue weighted by atomic mass is 32.1. The number of nitrogens with one attached hydrogen (secondary N) is 1. The molecule has 2 aromatic rings. The van der Waals surface area contributed by atoms with Gasteiger partial charge in [0.05, 0.1) is 11.7 Å². The van der Waals surface area contributed by atoms with Crippen LogP contribution in [-0.2, 0) is 6.42 Å². The van der Waals surface area contributed by atoms with Crippen molar-refractivity contribution in [2.75, 3.05) is 6.54 Å². The van der Waals surface area contributed by atoms with Crippen molar-refractivity contribution in [3.63, 3.8) is 0 Å². The Kier molecular flexibility index (Phi) is 4.64. The van der Waals surface area contributed by atoms with E-state index in [0.717, 1.165) is 25.1 Å². The summed E-state index contributed by atoms with van der Waals surface area (Å²) in [5.41, 5.74) is 1.02. The third-order valence-corrected chi connectivity index (χ3v) is 3.47. The molecule has 3 nitrogen and oxygen atoms in total. The normalized spacial score (nSPS) is 12.5. The smallest absolute Gasteiger partial charge is 0.0759 e. The lowest BCUT2D eigenvalue weighted by molar-refractivity contribution is 0.519. The second-order valence-electron chi connectivity index (χ2n) is 3.92. The fourth-order valence-corrected chi connectivity index (χ4v) is 2.47. The van der Waals surface area contributed by atoms with Crippen LogP contribution in [0.25, 0.3) is 0 Å². The number of thiophene rings is 1. The zero-order valence-corrected chi connectivity index (χ0v) is 10.8. The van der Waals surface area contributed by atoms with Crippen molar-refractivity contribution in [2.45, 2.75) is 25.8 Å². The molecule has 4 heteroatoms. The van der Waals surface area contributed by atoms with Gasteiger partial charge in [-0.3, -0.25) is 9.97 Å². The van der Waals surface area contributed by atoms with Gasteiger partial charge in [0.15, 0.2) is 0 Å². The summed E-state index contributed by atoms with van der Waals surface area (Å²) in [6.07, 6.45) is 7.42. The zero-order valence-electron chi connectivity index (χ0n) is 9.97. The van der Waals surface area contributed by atoms with Gasteiger partial charge in [0.25, 0.3) is 0 Å². The highest BCUT2D eigenvalue weighted by Crippen LogP contribution is 2.19. The minimum absolute atomic E-state index is 0.266. The minimum Gasteiger partial charge on any atom is -0.308 e. The molecule has 1 unspecified atom stereocenters. The Morgan fingerprint density at radius 3 is 3.00 bits per heavy atom. The Morgan fingerprint density at radius 2 is 2.35 bits per heavy atom. The minimum atomic E-state index is 0.266. The van der Waals surface area contributed by atoms with Crippen molar-refractivity contribution in [3.8, 4) is 0 Å². The molecule has 1 atom stereocenters. The summed E-state index contributed by atoms with van der Waals surface area (Å²) < 4.78 is 0. The summed E-state index contributed by atoms with van der Waals surface area (Å²) in [7, 11) is 0. The van der Waals surface area contributed by atoms with Gasteiger partial charge in [0.1, 0.15) is 0 Å². The first-order valence-corrected chi connectivity index (χ1v) is 6.79. The predicted octanol–water partition coefficient (Wildman–Crippen LogP) is 2.82. The Labute approximate surface area is 106 Å². The molecule has 2 aromatic heterocycles. The molecule has 0 aliphatic rings. The molecule has 0 saturated carbocycles. The number of hydrogen-bond donors (Lipinski definition) is 1. The van der Waals surface area contributed by atoms with Crippen molar-refractivity contribution < 1.29 is 0 Å². The molecule has 0 saturated heterocycles. The van der Waals surface area contributed by atoms with E-state index in [1.165, 1.54) is 4.88 Å². The Balaban J connectivity index is 2.08. The van der Waals surface area contributed by atoms with Crippen LogP contribution < -0.4 is 5.32 Å². The van der Waals surface area contributed by atoms with E-state index in [1.54, 1.807) is 23.7 Å². The Hall–Kier alpha value is -1.26. The van der Waals surface area contributed by atoms with Crippen LogP contribution >= 0.6 is 11.3 Å². The molecule has 0 bridgehead atoms. The highest BCUT2D eigenvalue weighted by molar-refractivity contribution is 7.09. The summed E-state index contributed by atoms with van der Waals surface area (Å²) in [6, 6.07) is 4.53. The van der Waals surface area contributed by atoms with Gasteiger partial charge in [-0.15, -0.1) is 11.3 Å². The third kappa shape index (κ3) is 3.61. The third-order valence-electron chi connectivity index (χ3n) is 2.57. The molecular weight excluding hydrogens is 230 g/mol. The first kappa shape index (κ1) is 12.2. The van der Waals surface area contributed by atoms with E-state index >= 15 is 0 Å². The van der Waals surface area contributed by atoms with Crippen LogP contribution in [0.3, 0.4) is 0 Å². The van der Waals surface area contributed by atoms with E-state index in [0.29, 0.717) is 0 Å². The molecule has 2 rings (SSSR count). The van der Waals surface area contributed by atoms with Crippen molar-refractivity contribution in [1.29, 1.82) is 0 Å². The van der Waals surface area contributed by atoms with Gasteiger partial charge in [-0.05, 0) is 24.4 Å². The summed E-state index contributed by atoms with van der Waals surface area (Å²) in [5, 5.41) is 5.64. The van der Waals surface area contributed by atoms with E-state index in [4.69, 9.17) is 0 Å². The topological polar surface area (TPSA) is 37.8 Å². The lowest BCUT2D eigenvalue weighted by atomic mass is 10.1. The average molecular weight is 247 g/mol. The SMILES string of the molecule is CCCNC(Cc1cccs1)c1cnccn1. The van der Waals surface area contributed by atoms with Crippen LogP contribution in [0.1, 0.15) is 30.0 Å². The quantitative estimate of drug-likeness (QED) is 0.853. The highest BCUT2D eigenvalue weighted by Gasteiger charge is 2.13. The standard InChI is InChI=1S/C13H17N3S/c1-2-5-15-12(9-11-4-3-8-17-11)13-10-14-6-7-16-13/h3-4,6-8,10,12,15H,2,5,9H2,1H3. The number of nitrogens with zero attached hydrogens (tertiary/aromatic N) is 2. The number of aromatic nitrogens is 2. The largest absolute Gasteiger partial charge is 0.308 e. The summed E-state index contributed by atoms with van der Waals surface area (Å²) in [4.78, 5) is 9.91. The molecule has 0 radical (unpaired) electrons. The van der Waals surface area contributed by atoms with E-state index in [-0.39, 0.29) is 6.04 Å². The maximum Gasteiger partial charge on any atom is 0.0759 e. The second kappa shape index (κ2) is 6.47. The molecule has 1 N–H and O–H groups in total. The van der Waals surface area contributed by atoms with Crippen LogP contribution in [0.5, 0.6) is 0 Å². The monoisotopic (exact) mass is 247 g/mol. The van der Waals surface area contributed by atoms with E-state index in [2.05, 4.69) is 39.7 Å². The molecular formula is C13H17N3S.